The average Bonchev–Trinajstić information content (AvgIpc) is 2.47. The molecule has 0 heterocycles. The van der Waals surface area contributed by atoms with Gasteiger partial charge in [0.15, 0.2) is 0 Å². The van der Waals surface area contributed by atoms with Crippen molar-refractivity contribution in [2.75, 3.05) is 0 Å². The molecule has 0 saturated carbocycles. The van der Waals surface area contributed by atoms with E-state index in [2.05, 4.69) is 4.52 Å². The highest BCUT2D eigenvalue weighted by Gasteiger charge is 1.99. The summed E-state index contributed by atoms with van der Waals surface area (Å²) in [6.45, 7) is 1.63. The van der Waals surface area contributed by atoms with Gasteiger partial charge in [0.2, 0.25) is 0 Å². The Balaban J connectivity index is 0.000000211. The van der Waals surface area contributed by atoms with E-state index < -0.39 is 8.60 Å². The molecule has 0 aliphatic heterocycles. The normalized spacial score (nSPS) is 9.71. The first-order valence-corrected chi connectivity index (χ1v) is 7.68. The SMILES string of the molecule is CC(=O)CCc1ccccc1.OP(O)Oc1ccccc1. The van der Waals surface area contributed by atoms with Crippen molar-refractivity contribution in [2.45, 2.75) is 19.8 Å². The summed E-state index contributed by atoms with van der Waals surface area (Å²) in [7, 11) is -2.28. The van der Waals surface area contributed by atoms with Gasteiger partial charge in [-0.05, 0) is 31.0 Å². The average molecular weight is 306 g/mol. The highest BCUT2D eigenvalue weighted by atomic mass is 31.2. The van der Waals surface area contributed by atoms with Gasteiger partial charge in [-0.1, -0.05) is 48.5 Å². The van der Waals surface area contributed by atoms with Gasteiger partial charge >= 0.3 is 8.60 Å². The monoisotopic (exact) mass is 306 g/mol. The number of hydrogen-bond donors (Lipinski definition) is 2. The number of benzene rings is 2. The molecular weight excluding hydrogens is 287 g/mol. The summed E-state index contributed by atoms with van der Waals surface area (Å²) < 4.78 is 4.59. The van der Waals surface area contributed by atoms with Crippen LogP contribution in [-0.4, -0.2) is 15.6 Å². The van der Waals surface area contributed by atoms with E-state index in [0.717, 1.165) is 6.42 Å². The van der Waals surface area contributed by atoms with Crippen LogP contribution in [0.15, 0.2) is 60.7 Å². The summed E-state index contributed by atoms with van der Waals surface area (Å²) in [5.41, 5.74) is 1.24. The van der Waals surface area contributed by atoms with Crippen LogP contribution >= 0.6 is 8.60 Å². The Kier molecular flexibility index (Phi) is 8.29. The molecule has 4 nitrogen and oxygen atoms in total. The minimum Gasteiger partial charge on any atom is -0.427 e. The summed E-state index contributed by atoms with van der Waals surface area (Å²) >= 11 is 0. The van der Waals surface area contributed by atoms with E-state index in [1.807, 2.05) is 36.4 Å². The maximum Gasteiger partial charge on any atom is 0.391 e. The second kappa shape index (κ2) is 10.1. The molecule has 0 amide bonds. The van der Waals surface area contributed by atoms with Gasteiger partial charge < -0.3 is 19.1 Å². The van der Waals surface area contributed by atoms with E-state index in [9.17, 15) is 4.79 Å². The summed E-state index contributed by atoms with van der Waals surface area (Å²) in [4.78, 5) is 27.4. The molecule has 0 spiro atoms. The van der Waals surface area contributed by atoms with Crippen molar-refractivity contribution in [3.8, 4) is 5.75 Å². The van der Waals surface area contributed by atoms with Gasteiger partial charge in [0, 0.05) is 6.42 Å². The lowest BCUT2D eigenvalue weighted by molar-refractivity contribution is -0.116. The molecule has 0 atom stereocenters. The number of hydrogen-bond acceptors (Lipinski definition) is 4. The second-order valence-electron chi connectivity index (χ2n) is 4.34. The van der Waals surface area contributed by atoms with Crippen molar-refractivity contribution >= 4 is 14.4 Å². The topological polar surface area (TPSA) is 66.8 Å². The van der Waals surface area contributed by atoms with Gasteiger partial charge in [-0.25, -0.2) is 0 Å². The Labute approximate surface area is 126 Å². The second-order valence-corrected chi connectivity index (χ2v) is 5.03. The first-order chi connectivity index (χ1) is 10.1. The number of ketones is 1. The molecule has 0 fully saturated rings. The summed E-state index contributed by atoms with van der Waals surface area (Å²) in [5, 5.41) is 0. The maximum atomic E-state index is 10.6. The smallest absolute Gasteiger partial charge is 0.391 e. The number of carbonyl (C=O) groups excluding carboxylic acids is 1. The molecule has 0 radical (unpaired) electrons. The van der Waals surface area contributed by atoms with Gasteiger partial charge in [0.25, 0.3) is 0 Å². The molecule has 2 aromatic carbocycles. The van der Waals surface area contributed by atoms with E-state index >= 15 is 0 Å². The molecular formula is C16H19O4P. The van der Waals surface area contributed by atoms with Crippen LogP contribution < -0.4 is 4.52 Å². The quantitative estimate of drug-likeness (QED) is 0.830. The van der Waals surface area contributed by atoms with Crippen LogP contribution in [0.5, 0.6) is 5.75 Å². The zero-order chi connectivity index (χ0) is 15.5. The van der Waals surface area contributed by atoms with E-state index in [1.165, 1.54) is 5.56 Å². The number of rotatable bonds is 5. The molecule has 0 aliphatic rings. The molecule has 21 heavy (non-hydrogen) atoms. The molecule has 0 unspecified atom stereocenters. The van der Waals surface area contributed by atoms with E-state index in [4.69, 9.17) is 9.79 Å². The van der Waals surface area contributed by atoms with Crippen LogP contribution in [0, 0.1) is 0 Å². The van der Waals surface area contributed by atoms with Gasteiger partial charge in [0.05, 0.1) is 0 Å². The number of aryl methyl sites for hydroxylation is 1. The molecule has 5 heteroatoms. The van der Waals surface area contributed by atoms with Crippen LogP contribution in [0.1, 0.15) is 18.9 Å². The lowest BCUT2D eigenvalue weighted by atomic mass is 10.1. The fourth-order valence-corrected chi connectivity index (χ4v) is 1.85. The van der Waals surface area contributed by atoms with E-state index in [0.29, 0.717) is 12.2 Å². The zero-order valence-corrected chi connectivity index (χ0v) is 12.7. The van der Waals surface area contributed by atoms with Crippen LogP contribution in [0.3, 0.4) is 0 Å². The van der Waals surface area contributed by atoms with Crippen LogP contribution in [0.25, 0.3) is 0 Å². The zero-order valence-electron chi connectivity index (χ0n) is 11.8. The van der Waals surface area contributed by atoms with Crippen LogP contribution in [0.2, 0.25) is 0 Å². The van der Waals surface area contributed by atoms with Crippen molar-refractivity contribution in [3.63, 3.8) is 0 Å². The predicted octanol–water partition coefficient (Wildman–Crippen LogP) is 3.49. The number of carbonyl (C=O) groups is 1. The maximum absolute atomic E-state index is 10.6. The van der Waals surface area contributed by atoms with Crippen molar-refractivity contribution in [1.82, 2.24) is 0 Å². The first-order valence-electron chi connectivity index (χ1n) is 6.52. The lowest BCUT2D eigenvalue weighted by Crippen LogP contribution is -1.92. The van der Waals surface area contributed by atoms with Crippen molar-refractivity contribution in [2.24, 2.45) is 0 Å². The molecule has 2 rings (SSSR count). The molecule has 0 saturated heterocycles. The Morgan fingerprint density at radius 3 is 2.00 bits per heavy atom. The van der Waals surface area contributed by atoms with Gasteiger partial charge in [0.1, 0.15) is 11.5 Å². The standard InChI is InChI=1S/C10H12O.C6H7O3P/c1-9(11)7-8-10-5-3-2-4-6-10;7-10(8)9-6-4-2-1-3-5-6/h2-6H,7-8H2,1H3;1-5,7-8H. The fraction of sp³-hybridized carbons (Fsp3) is 0.188. The minimum absolute atomic E-state index is 0.258. The highest BCUT2D eigenvalue weighted by molar-refractivity contribution is 7.39. The molecule has 2 aromatic rings. The summed E-state index contributed by atoms with van der Waals surface area (Å²) in [6.07, 6.45) is 1.53. The minimum atomic E-state index is -2.28. The lowest BCUT2D eigenvalue weighted by Gasteiger charge is -2.02. The Hall–Kier alpha value is -1.74. The van der Waals surface area contributed by atoms with Crippen molar-refractivity contribution < 1.29 is 19.1 Å². The largest absolute Gasteiger partial charge is 0.427 e. The Bertz CT molecular complexity index is 514. The number of Topliss-reactive ketones (excluding diaryl/α,β-unsaturated/α-hetero) is 1. The molecule has 0 bridgehead atoms. The van der Waals surface area contributed by atoms with Gasteiger partial charge in [-0.15, -0.1) is 0 Å². The fourth-order valence-electron chi connectivity index (χ4n) is 1.54. The van der Waals surface area contributed by atoms with Crippen molar-refractivity contribution in [1.29, 1.82) is 0 Å². The van der Waals surface area contributed by atoms with Crippen molar-refractivity contribution in [3.05, 3.63) is 66.2 Å². The van der Waals surface area contributed by atoms with Gasteiger partial charge in [-0.2, -0.15) is 0 Å². The van der Waals surface area contributed by atoms with E-state index in [1.54, 1.807) is 31.2 Å². The third-order valence-corrected chi connectivity index (χ3v) is 2.91. The summed E-state index contributed by atoms with van der Waals surface area (Å²) in [5.74, 6) is 0.729. The molecule has 2 N–H and O–H groups in total. The summed E-state index contributed by atoms with van der Waals surface area (Å²) in [6, 6.07) is 18.7. The van der Waals surface area contributed by atoms with Crippen LogP contribution in [-0.2, 0) is 11.2 Å². The third kappa shape index (κ3) is 8.92. The molecule has 112 valence electrons. The van der Waals surface area contributed by atoms with Crippen LogP contribution in [0.4, 0.5) is 0 Å². The molecule has 0 aromatic heterocycles. The molecule has 0 aliphatic carbocycles. The number of para-hydroxylation sites is 1. The van der Waals surface area contributed by atoms with Gasteiger partial charge in [-0.3, -0.25) is 0 Å². The third-order valence-electron chi connectivity index (χ3n) is 2.54. The first kappa shape index (κ1) is 17.3. The highest BCUT2D eigenvalue weighted by Crippen LogP contribution is 2.27. The predicted molar refractivity (Wildman–Crippen MR) is 83.9 cm³/mol. The van der Waals surface area contributed by atoms with E-state index in [-0.39, 0.29) is 5.78 Å². The Morgan fingerprint density at radius 1 is 1.00 bits per heavy atom. The Morgan fingerprint density at radius 2 is 1.52 bits per heavy atom.